The number of hydrogen-bond donors (Lipinski definition) is 1. The fourth-order valence-corrected chi connectivity index (χ4v) is 3.10. The fraction of sp³-hybridized carbons (Fsp3) is 0.824. The van der Waals surface area contributed by atoms with Crippen molar-refractivity contribution in [2.75, 3.05) is 6.54 Å². The van der Waals surface area contributed by atoms with Crippen molar-refractivity contribution < 1.29 is 0 Å². The van der Waals surface area contributed by atoms with Crippen LogP contribution in [0.4, 0.5) is 0 Å². The summed E-state index contributed by atoms with van der Waals surface area (Å²) in [5.74, 6) is 0.854. The summed E-state index contributed by atoms with van der Waals surface area (Å²) in [5, 5.41) is 3.62. The molecular weight excluding hydrogens is 246 g/mol. The van der Waals surface area contributed by atoms with Crippen LogP contribution in [-0.4, -0.2) is 16.1 Å². The lowest BCUT2D eigenvalue weighted by molar-refractivity contribution is 0.390. The minimum atomic E-state index is 0.534. The van der Waals surface area contributed by atoms with Gasteiger partial charge in [-0.15, -0.1) is 0 Å². The second-order valence-corrected chi connectivity index (χ2v) is 6.61. The highest BCUT2D eigenvalue weighted by atomic mass is 15.1. The lowest BCUT2D eigenvalue weighted by Crippen LogP contribution is -2.28. The van der Waals surface area contributed by atoms with Gasteiger partial charge in [-0.2, -0.15) is 0 Å². The zero-order valence-corrected chi connectivity index (χ0v) is 13.3. The Morgan fingerprint density at radius 2 is 2.10 bits per heavy atom. The van der Waals surface area contributed by atoms with Crippen LogP contribution in [0.3, 0.4) is 0 Å². The van der Waals surface area contributed by atoms with Crippen molar-refractivity contribution in [2.45, 2.75) is 77.8 Å². The van der Waals surface area contributed by atoms with Gasteiger partial charge in [0.15, 0.2) is 0 Å². The summed E-state index contributed by atoms with van der Waals surface area (Å²) in [6, 6.07) is 0.534. The molecule has 1 atom stereocenters. The Morgan fingerprint density at radius 1 is 1.25 bits per heavy atom. The lowest BCUT2D eigenvalue weighted by Gasteiger charge is -2.24. The second kappa shape index (κ2) is 8.46. The highest BCUT2D eigenvalue weighted by Gasteiger charge is 2.17. The van der Waals surface area contributed by atoms with Crippen LogP contribution in [0.1, 0.15) is 76.9 Å². The van der Waals surface area contributed by atoms with E-state index in [4.69, 9.17) is 0 Å². The van der Waals surface area contributed by atoms with Gasteiger partial charge in [0.2, 0.25) is 0 Å². The number of hydrogen-bond acceptors (Lipinski definition) is 2. The van der Waals surface area contributed by atoms with Crippen molar-refractivity contribution in [3.63, 3.8) is 0 Å². The standard InChI is InChI=1S/C17H31N3/c1-15(2)9-5-3-4-8-12-20-14-18-13-17(20)16-10-6-7-11-19-16/h13-16,19H,3-12H2,1-2H3. The van der Waals surface area contributed by atoms with Crippen molar-refractivity contribution in [3.8, 4) is 0 Å². The Morgan fingerprint density at radius 3 is 2.85 bits per heavy atom. The summed E-state index contributed by atoms with van der Waals surface area (Å²) in [6.07, 6.45) is 14.8. The number of imidazole rings is 1. The molecular formula is C17H31N3. The van der Waals surface area contributed by atoms with Crippen LogP contribution < -0.4 is 5.32 Å². The first-order valence-corrected chi connectivity index (χ1v) is 8.51. The Hall–Kier alpha value is -0.830. The summed E-state index contributed by atoms with van der Waals surface area (Å²) in [6.45, 7) is 6.92. The van der Waals surface area contributed by atoms with Gasteiger partial charge in [0.25, 0.3) is 0 Å². The number of nitrogens with zero attached hydrogens (tertiary/aromatic N) is 2. The van der Waals surface area contributed by atoms with E-state index in [-0.39, 0.29) is 0 Å². The first-order valence-electron chi connectivity index (χ1n) is 8.51. The minimum absolute atomic E-state index is 0.534. The minimum Gasteiger partial charge on any atom is -0.333 e. The number of rotatable bonds is 8. The Balaban J connectivity index is 1.69. The van der Waals surface area contributed by atoms with E-state index in [9.17, 15) is 0 Å². The lowest BCUT2D eigenvalue weighted by atomic mass is 10.0. The molecule has 0 aliphatic carbocycles. The largest absolute Gasteiger partial charge is 0.333 e. The zero-order valence-electron chi connectivity index (χ0n) is 13.3. The summed E-state index contributed by atoms with van der Waals surface area (Å²) < 4.78 is 2.37. The Labute approximate surface area is 124 Å². The van der Waals surface area contributed by atoms with Gasteiger partial charge in [-0.1, -0.05) is 46.0 Å². The third-order valence-electron chi connectivity index (χ3n) is 4.34. The van der Waals surface area contributed by atoms with Gasteiger partial charge in [0.1, 0.15) is 0 Å². The molecule has 0 saturated carbocycles. The second-order valence-electron chi connectivity index (χ2n) is 6.61. The molecule has 1 aromatic heterocycles. The van der Waals surface area contributed by atoms with Crippen molar-refractivity contribution in [3.05, 3.63) is 18.2 Å². The molecule has 1 fully saturated rings. The first kappa shape index (κ1) is 15.6. The van der Waals surface area contributed by atoms with E-state index in [0.717, 1.165) is 19.0 Å². The summed E-state index contributed by atoms with van der Waals surface area (Å²) in [4.78, 5) is 4.36. The molecule has 2 rings (SSSR count). The van der Waals surface area contributed by atoms with Gasteiger partial charge in [-0.05, 0) is 31.7 Å². The van der Waals surface area contributed by atoms with Crippen molar-refractivity contribution >= 4 is 0 Å². The van der Waals surface area contributed by atoms with Gasteiger partial charge < -0.3 is 9.88 Å². The molecule has 1 aliphatic rings. The maximum Gasteiger partial charge on any atom is 0.0948 e. The number of nitrogens with one attached hydrogen (secondary N) is 1. The van der Waals surface area contributed by atoms with Crippen molar-refractivity contribution in [2.24, 2.45) is 5.92 Å². The highest BCUT2D eigenvalue weighted by Crippen LogP contribution is 2.23. The molecule has 0 aromatic carbocycles. The number of piperidine rings is 1. The maximum atomic E-state index is 4.36. The van der Waals surface area contributed by atoms with Crippen LogP contribution in [0.15, 0.2) is 12.5 Å². The number of unbranched alkanes of at least 4 members (excludes halogenated alkanes) is 3. The third kappa shape index (κ3) is 4.93. The molecule has 0 radical (unpaired) electrons. The van der Waals surface area contributed by atoms with Gasteiger partial charge in [0, 0.05) is 18.8 Å². The van der Waals surface area contributed by atoms with Gasteiger partial charge in [-0.3, -0.25) is 0 Å². The summed E-state index contributed by atoms with van der Waals surface area (Å²) in [5.41, 5.74) is 1.40. The van der Waals surface area contributed by atoms with E-state index in [1.165, 1.54) is 57.1 Å². The van der Waals surface area contributed by atoms with Crippen molar-refractivity contribution in [1.82, 2.24) is 14.9 Å². The van der Waals surface area contributed by atoms with Gasteiger partial charge in [-0.25, -0.2) is 4.98 Å². The molecule has 114 valence electrons. The first-order chi connectivity index (χ1) is 9.77. The Kier molecular flexibility index (Phi) is 6.58. The average Bonchev–Trinajstić information content (AvgIpc) is 2.92. The smallest absolute Gasteiger partial charge is 0.0948 e. The summed E-state index contributed by atoms with van der Waals surface area (Å²) in [7, 11) is 0. The molecule has 0 amide bonds. The molecule has 2 heterocycles. The predicted octanol–water partition coefficient (Wildman–Crippen LogP) is 4.30. The van der Waals surface area contributed by atoms with Crippen LogP contribution >= 0.6 is 0 Å². The quantitative estimate of drug-likeness (QED) is 0.718. The topological polar surface area (TPSA) is 29.9 Å². The molecule has 0 spiro atoms. The van der Waals surface area contributed by atoms with E-state index in [2.05, 4.69) is 34.9 Å². The number of aromatic nitrogens is 2. The van der Waals surface area contributed by atoms with Gasteiger partial charge >= 0.3 is 0 Å². The normalized spacial score (nSPS) is 19.6. The molecule has 1 unspecified atom stereocenters. The van der Waals surface area contributed by atoms with E-state index >= 15 is 0 Å². The molecule has 0 bridgehead atoms. The Bertz CT molecular complexity index is 364. The van der Waals surface area contributed by atoms with Crippen LogP contribution in [0.2, 0.25) is 0 Å². The predicted molar refractivity (Wildman–Crippen MR) is 84.7 cm³/mol. The molecule has 20 heavy (non-hydrogen) atoms. The van der Waals surface area contributed by atoms with Crippen LogP contribution in [-0.2, 0) is 6.54 Å². The molecule has 1 aliphatic heterocycles. The molecule has 1 N–H and O–H groups in total. The van der Waals surface area contributed by atoms with Gasteiger partial charge in [0.05, 0.1) is 12.0 Å². The SMILES string of the molecule is CC(C)CCCCCCn1cncc1C1CCCCN1. The maximum absolute atomic E-state index is 4.36. The summed E-state index contributed by atoms with van der Waals surface area (Å²) >= 11 is 0. The third-order valence-corrected chi connectivity index (χ3v) is 4.34. The van der Waals surface area contributed by atoms with E-state index in [0.29, 0.717) is 6.04 Å². The molecule has 1 saturated heterocycles. The highest BCUT2D eigenvalue weighted by molar-refractivity contribution is 5.06. The fourth-order valence-electron chi connectivity index (χ4n) is 3.10. The molecule has 3 heteroatoms. The van der Waals surface area contributed by atoms with E-state index in [1.54, 1.807) is 0 Å². The van der Waals surface area contributed by atoms with Crippen LogP contribution in [0.25, 0.3) is 0 Å². The molecule has 3 nitrogen and oxygen atoms in total. The van der Waals surface area contributed by atoms with E-state index < -0.39 is 0 Å². The zero-order chi connectivity index (χ0) is 14.2. The van der Waals surface area contributed by atoms with Crippen molar-refractivity contribution in [1.29, 1.82) is 0 Å². The van der Waals surface area contributed by atoms with E-state index in [1.807, 2.05) is 6.33 Å². The van der Waals surface area contributed by atoms with Crippen LogP contribution in [0.5, 0.6) is 0 Å². The van der Waals surface area contributed by atoms with Crippen LogP contribution in [0, 0.1) is 5.92 Å². The monoisotopic (exact) mass is 277 g/mol. The average molecular weight is 277 g/mol. The number of aryl methyl sites for hydroxylation is 1. The molecule has 1 aromatic rings.